The Balaban J connectivity index is 1.68. The molecule has 0 saturated carbocycles. The number of nitrogens with zero attached hydrogens (tertiary/aromatic N) is 4. The second-order valence-electron chi connectivity index (χ2n) is 6.91. The summed E-state index contributed by atoms with van der Waals surface area (Å²) in [6.45, 7) is 5.30. The molecule has 4 heterocycles. The van der Waals surface area contributed by atoms with Crippen molar-refractivity contribution in [1.29, 1.82) is 0 Å². The van der Waals surface area contributed by atoms with Crippen LogP contribution < -0.4 is 11.5 Å². The second kappa shape index (κ2) is 5.95. The average Bonchev–Trinajstić information content (AvgIpc) is 3.07. The van der Waals surface area contributed by atoms with Crippen molar-refractivity contribution in [1.82, 2.24) is 19.6 Å². The molecule has 1 unspecified atom stereocenters. The molecule has 4 N–H and O–H groups in total. The molecule has 2 fully saturated rings. The summed E-state index contributed by atoms with van der Waals surface area (Å²) in [5.41, 5.74) is 12.4. The largest absolute Gasteiger partial charge is 0.475 e. The molecular formula is C14H21N6O5P. The maximum atomic E-state index is 12.7. The third-order valence-electron chi connectivity index (χ3n) is 4.43. The lowest BCUT2D eigenvalue weighted by Gasteiger charge is -2.36. The second-order valence-corrected chi connectivity index (χ2v) is 8.48. The highest BCUT2D eigenvalue weighted by atomic mass is 31.2. The molecule has 0 bridgehead atoms. The number of nitrogen functional groups attached to an aromatic ring is 1. The number of phosphoric acid groups is 1. The molecule has 0 aliphatic carbocycles. The summed E-state index contributed by atoms with van der Waals surface area (Å²) >= 11 is 0. The van der Waals surface area contributed by atoms with Crippen LogP contribution in [0.3, 0.4) is 0 Å². The van der Waals surface area contributed by atoms with Gasteiger partial charge in [-0.15, -0.1) is 0 Å². The first-order chi connectivity index (χ1) is 12.2. The van der Waals surface area contributed by atoms with Crippen LogP contribution in [0, 0.1) is 0 Å². The zero-order chi connectivity index (χ0) is 18.7. The van der Waals surface area contributed by atoms with Crippen LogP contribution in [0.2, 0.25) is 0 Å². The van der Waals surface area contributed by atoms with Crippen LogP contribution in [0.4, 0.5) is 5.82 Å². The molecule has 12 heteroatoms. The lowest BCUT2D eigenvalue weighted by Crippen LogP contribution is -2.53. The van der Waals surface area contributed by atoms with E-state index in [2.05, 4.69) is 15.1 Å². The summed E-state index contributed by atoms with van der Waals surface area (Å²) in [5.74, 6) is 0.245. The number of ether oxygens (including phenoxy) is 1. The minimum atomic E-state index is -3.71. The first-order valence-corrected chi connectivity index (χ1v) is 9.67. The number of hydrogen-bond acceptors (Lipinski definition) is 10. The zero-order valence-electron chi connectivity index (χ0n) is 14.6. The van der Waals surface area contributed by atoms with Crippen LogP contribution in [0.5, 0.6) is 0 Å². The number of nitrogens with two attached hydrogens (primary N) is 2. The summed E-state index contributed by atoms with van der Waals surface area (Å²) in [6, 6.07) is 0. The van der Waals surface area contributed by atoms with Gasteiger partial charge in [0.2, 0.25) is 0 Å². The van der Waals surface area contributed by atoms with Crippen molar-refractivity contribution < 1.29 is 22.9 Å². The summed E-state index contributed by atoms with van der Waals surface area (Å²) in [4.78, 5) is 8.16. The molecule has 0 amide bonds. The molecule has 2 aliphatic rings. The van der Waals surface area contributed by atoms with Gasteiger partial charge in [0.1, 0.15) is 24.6 Å². The van der Waals surface area contributed by atoms with Gasteiger partial charge >= 0.3 is 7.82 Å². The number of rotatable bonds is 3. The average molecular weight is 384 g/mol. The van der Waals surface area contributed by atoms with E-state index < -0.39 is 31.7 Å². The monoisotopic (exact) mass is 384 g/mol. The highest BCUT2D eigenvalue weighted by Crippen LogP contribution is 2.59. The summed E-state index contributed by atoms with van der Waals surface area (Å²) < 4.78 is 36.6. The van der Waals surface area contributed by atoms with Crippen LogP contribution >= 0.6 is 7.82 Å². The van der Waals surface area contributed by atoms with E-state index in [0.29, 0.717) is 11.3 Å². The van der Waals surface area contributed by atoms with Crippen LogP contribution in [0.25, 0.3) is 5.65 Å². The predicted octanol–water partition coefficient (Wildman–Crippen LogP) is 0.812. The SMILES string of the molecule is CC(C)OP1(=O)OC[C@H]2O[C@@H](c3cnc4c(N)ncnn34)[C@](C)(N)[C@@H]2O1. The van der Waals surface area contributed by atoms with Gasteiger partial charge in [-0.25, -0.2) is 19.0 Å². The highest BCUT2D eigenvalue weighted by molar-refractivity contribution is 7.48. The normalized spacial score (nSPS) is 37.3. The zero-order valence-corrected chi connectivity index (χ0v) is 15.5. The fourth-order valence-corrected chi connectivity index (χ4v) is 4.98. The van der Waals surface area contributed by atoms with E-state index in [0.717, 1.165) is 0 Å². The molecule has 5 atom stereocenters. The lowest BCUT2D eigenvalue weighted by atomic mass is 9.88. The van der Waals surface area contributed by atoms with E-state index >= 15 is 0 Å². The van der Waals surface area contributed by atoms with Crippen LogP contribution in [0.1, 0.15) is 32.6 Å². The van der Waals surface area contributed by atoms with Gasteiger partial charge in [0.15, 0.2) is 11.5 Å². The van der Waals surface area contributed by atoms with Crippen LogP contribution in [-0.2, 0) is 22.9 Å². The molecule has 142 valence electrons. The highest BCUT2D eigenvalue weighted by Gasteiger charge is 2.59. The number of aromatic nitrogens is 4. The van der Waals surface area contributed by atoms with Gasteiger partial charge in [-0.2, -0.15) is 5.10 Å². The third-order valence-corrected chi connectivity index (χ3v) is 6.06. The van der Waals surface area contributed by atoms with Crippen LogP contribution in [-0.4, -0.2) is 50.0 Å². The van der Waals surface area contributed by atoms with E-state index in [1.54, 1.807) is 27.0 Å². The van der Waals surface area contributed by atoms with Crippen molar-refractivity contribution in [3.05, 3.63) is 18.2 Å². The predicted molar refractivity (Wildman–Crippen MR) is 90.1 cm³/mol. The van der Waals surface area contributed by atoms with Gasteiger partial charge in [0.05, 0.1) is 30.1 Å². The van der Waals surface area contributed by atoms with Crippen molar-refractivity contribution in [3.63, 3.8) is 0 Å². The Morgan fingerprint density at radius 3 is 2.96 bits per heavy atom. The van der Waals surface area contributed by atoms with E-state index in [1.165, 1.54) is 10.8 Å². The van der Waals surface area contributed by atoms with Crippen molar-refractivity contribution in [3.8, 4) is 0 Å². The molecule has 0 aromatic carbocycles. The molecule has 26 heavy (non-hydrogen) atoms. The summed E-state index contributed by atoms with van der Waals surface area (Å²) in [6.07, 6.45) is 0.772. The number of anilines is 1. The molecule has 2 aliphatic heterocycles. The van der Waals surface area contributed by atoms with Gasteiger partial charge < -0.3 is 16.2 Å². The maximum Gasteiger partial charge on any atom is 0.475 e. The fourth-order valence-electron chi connectivity index (χ4n) is 3.32. The molecule has 2 aromatic rings. The first kappa shape index (κ1) is 17.8. The Hall–Kier alpha value is -1.62. The molecular weight excluding hydrogens is 363 g/mol. The smallest absolute Gasteiger partial charge is 0.381 e. The molecule has 0 spiro atoms. The first-order valence-electron chi connectivity index (χ1n) is 8.21. The molecule has 2 saturated heterocycles. The van der Waals surface area contributed by atoms with Gasteiger partial charge in [0.25, 0.3) is 0 Å². The van der Waals surface area contributed by atoms with Gasteiger partial charge in [0, 0.05) is 0 Å². The Bertz CT molecular complexity index is 886. The molecule has 0 radical (unpaired) electrons. The van der Waals surface area contributed by atoms with Crippen molar-refractivity contribution >= 4 is 19.3 Å². The van der Waals surface area contributed by atoms with Crippen molar-refractivity contribution in [2.45, 2.75) is 50.7 Å². The minimum absolute atomic E-state index is 0.0474. The van der Waals surface area contributed by atoms with E-state index in [4.69, 9.17) is 29.8 Å². The fraction of sp³-hybridized carbons (Fsp3) is 0.643. The van der Waals surface area contributed by atoms with Gasteiger partial charge in [-0.3, -0.25) is 13.6 Å². The van der Waals surface area contributed by atoms with E-state index in [-0.39, 0.29) is 18.5 Å². The van der Waals surface area contributed by atoms with Gasteiger partial charge in [-0.05, 0) is 20.8 Å². The quantitative estimate of drug-likeness (QED) is 0.728. The van der Waals surface area contributed by atoms with Crippen LogP contribution in [0.15, 0.2) is 12.5 Å². The van der Waals surface area contributed by atoms with Crippen molar-refractivity contribution in [2.24, 2.45) is 5.73 Å². The van der Waals surface area contributed by atoms with E-state index in [9.17, 15) is 4.57 Å². The number of fused-ring (bicyclic) bond motifs is 2. The molecule has 4 rings (SSSR count). The third kappa shape index (κ3) is 2.72. The number of hydrogen-bond donors (Lipinski definition) is 2. The van der Waals surface area contributed by atoms with Crippen molar-refractivity contribution in [2.75, 3.05) is 12.3 Å². The Kier molecular flexibility index (Phi) is 4.07. The molecule has 11 nitrogen and oxygen atoms in total. The lowest BCUT2D eigenvalue weighted by molar-refractivity contribution is -0.0636. The number of phosphoric ester groups is 1. The summed E-state index contributed by atoms with van der Waals surface area (Å²) in [7, 11) is -3.71. The topological polar surface area (TPSA) is 149 Å². The van der Waals surface area contributed by atoms with E-state index in [1.807, 2.05) is 0 Å². The minimum Gasteiger partial charge on any atom is -0.381 e. The number of imidazole rings is 1. The summed E-state index contributed by atoms with van der Waals surface area (Å²) in [5, 5.41) is 4.17. The Morgan fingerprint density at radius 1 is 1.46 bits per heavy atom. The Morgan fingerprint density at radius 2 is 2.23 bits per heavy atom. The standard InChI is InChI=1S/C14H21N6O5P/c1-7(2)24-26(21)22-5-9-11(25-26)14(3,16)10(23-9)8-4-17-13-12(15)18-6-19-20(8)13/h4,6-7,9-11H,5,16H2,1-3H3,(H2,15,18,19)/t9-,10+,11-,14+,26?/m1/s1. The maximum absolute atomic E-state index is 12.7. The molecule has 2 aromatic heterocycles. The van der Waals surface area contributed by atoms with Gasteiger partial charge in [-0.1, -0.05) is 0 Å². The Labute approximate surface area is 149 Å².